The topological polar surface area (TPSA) is 67.5 Å². The van der Waals surface area contributed by atoms with Gasteiger partial charge >= 0.3 is 0 Å². The Labute approximate surface area is 125 Å². The summed E-state index contributed by atoms with van der Waals surface area (Å²) < 4.78 is 5.75. The molecule has 0 spiro atoms. The lowest BCUT2D eigenvalue weighted by atomic mass is 10.1. The summed E-state index contributed by atoms with van der Waals surface area (Å²) in [6.45, 7) is 2.42. The number of nitrogens with one attached hydrogen (secondary N) is 1. The fourth-order valence-electron chi connectivity index (χ4n) is 2.23. The number of hydrogen-bond acceptors (Lipinski definition) is 4. The molecule has 0 aliphatic rings. The van der Waals surface area contributed by atoms with E-state index in [0.29, 0.717) is 13.1 Å². The summed E-state index contributed by atoms with van der Waals surface area (Å²) in [6, 6.07) is 14.0. The van der Waals surface area contributed by atoms with E-state index in [-0.39, 0.29) is 6.61 Å². The maximum atomic E-state index is 9.93. The Morgan fingerprint density at radius 2 is 1.90 bits per heavy atom. The zero-order valence-electron chi connectivity index (χ0n) is 12.3. The summed E-state index contributed by atoms with van der Waals surface area (Å²) in [7, 11) is 0. The first-order valence-electron chi connectivity index (χ1n) is 7.50. The van der Waals surface area contributed by atoms with E-state index in [1.807, 2.05) is 30.3 Å². The molecule has 0 aromatic heterocycles. The standard InChI is InChI=1S/C17H24N2O2/c18-10-3-4-11-19-12-15(20)13-21-17-9-5-7-14-6-1-2-8-16(14)17/h1-2,5-9,15,19-20H,3-4,10-13,18H2/t15-/m1/s1. The molecule has 4 N–H and O–H groups in total. The van der Waals surface area contributed by atoms with Crippen molar-refractivity contribution >= 4 is 10.8 Å². The average Bonchev–Trinajstić information content (AvgIpc) is 2.52. The second-order valence-corrected chi connectivity index (χ2v) is 5.14. The predicted molar refractivity (Wildman–Crippen MR) is 86.6 cm³/mol. The van der Waals surface area contributed by atoms with Gasteiger partial charge in [0.2, 0.25) is 0 Å². The lowest BCUT2D eigenvalue weighted by molar-refractivity contribution is 0.107. The van der Waals surface area contributed by atoms with Gasteiger partial charge in [-0.05, 0) is 37.4 Å². The molecule has 0 bridgehead atoms. The normalized spacial score (nSPS) is 12.5. The number of aliphatic hydroxyl groups excluding tert-OH is 1. The van der Waals surface area contributed by atoms with Gasteiger partial charge in [-0.25, -0.2) is 0 Å². The van der Waals surface area contributed by atoms with Crippen LogP contribution in [0, 0.1) is 0 Å². The average molecular weight is 288 g/mol. The minimum absolute atomic E-state index is 0.290. The van der Waals surface area contributed by atoms with Crippen LogP contribution in [-0.2, 0) is 0 Å². The molecular weight excluding hydrogens is 264 g/mol. The molecular formula is C17H24N2O2. The van der Waals surface area contributed by atoms with Gasteiger partial charge in [-0.1, -0.05) is 36.4 Å². The van der Waals surface area contributed by atoms with Crippen LogP contribution < -0.4 is 15.8 Å². The van der Waals surface area contributed by atoms with E-state index in [4.69, 9.17) is 10.5 Å². The molecule has 4 heteroatoms. The zero-order valence-corrected chi connectivity index (χ0v) is 12.3. The number of nitrogens with two attached hydrogens (primary N) is 1. The minimum atomic E-state index is -0.512. The Morgan fingerprint density at radius 1 is 1.10 bits per heavy atom. The van der Waals surface area contributed by atoms with Crippen molar-refractivity contribution in [3.63, 3.8) is 0 Å². The van der Waals surface area contributed by atoms with Gasteiger partial charge in [-0.15, -0.1) is 0 Å². The Balaban J connectivity index is 1.79. The number of unbranched alkanes of at least 4 members (excludes halogenated alkanes) is 1. The van der Waals surface area contributed by atoms with Crippen molar-refractivity contribution in [2.45, 2.75) is 18.9 Å². The lowest BCUT2D eigenvalue weighted by Gasteiger charge is -2.14. The van der Waals surface area contributed by atoms with E-state index in [9.17, 15) is 5.11 Å². The first-order chi connectivity index (χ1) is 10.3. The lowest BCUT2D eigenvalue weighted by Crippen LogP contribution is -2.32. The number of rotatable bonds is 9. The van der Waals surface area contributed by atoms with Crippen molar-refractivity contribution in [3.05, 3.63) is 42.5 Å². The van der Waals surface area contributed by atoms with Crippen LogP contribution in [0.25, 0.3) is 10.8 Å². The molecule has 0 amide bonds. The van der Waals surface area contributed by atoms with Gasteiger partial charge < -0.3 is 20.9 Å². The summed E-state index contributed by atoms with van der Waals surface area (Å²) in [5.41, 5.74) is 5.43. The first-order valence-corrected chi connectivity index (χ1v) is 7.50. The quantitative estimate of drug-likeness (QED) is 0.617. The maximum absolute atomic E-state index is 9.93. The number of benzene rings is 2. The van der Waals surface area contributed by atoms with Crippen LogP contribution in [0.15, 0.2) is 42.5 Å². The third-order valence-electron chi connectivity index (χ3n) is 3.37. The summed E-state index contributed by atoms with van der Waals surface area (Å²) in [5.74, 6) is 0.815. The summed E-state index contributed by atoms with van der Waals surface area (Å²) in [5, 5.41) is 15.4. The van der Waals surface area contributed by atoms with Crippen molar-refractivity contribution in [1.29, 1.82) is 0 Å². The fourth-order valence-corrected chi connectivity index (χ4v) is 2.23. The monoisotopic (exact) mass is 288 g/mol. The van der Waals surface area contributed by atoms with E-state index in [1.165, 1.54) is 0 Å². The molecule has 0 heterocycles. The zero-order chi connectivity index (χ0) is 14.9. The molecule has 114 valence electrons. The number of aliphatic hydroxyl groups is 1. The van der Waals surface area contributed by atoms with Crippen LogP contribution in [-0.4, -0.2) is 37.5 Å². The Bertz CT molecular complexity index is 540. The predicted octanol–water partition coefficient (Wildman–Crippen LogP) is 1.91. The Hall–Kier alpha value is -1.62. The van der Waals surface area contributed by atoms with Gasteiger partial charge in [-0.3, -0.25) is 0 Å². The molecule has 0 radical (unpaired) electrons. The summed E-state index contributed by atoms with van der Waals surface area (Å²) in [6.07, 6.45) is 1.53. The van der Waals surface area contributed by atoms with Crippen LogP contribution in [0.5, 0.6) is 5.75 Å². The molecule has 0 unspecified atom stereocenters. The molecule has 0 aliphatic heterocycles. The van der Waals surface area contributed by atoms with Gasteiger partial charge in [0.05, 0.1) is 0 Å². The minimum Gasteiger partial charge on any atom is -0.490 e. The molecule has 2 rings (SSSR count). The summed E-state index contributed by atoms with van der Waals surface area (Å²) >= 11 is 0. The number of hydrogen-bond donors (Lipinski definition) is 3. The van der Waals surface area contributed by atoms with E-state index in [2.05, 4.69) is 17.4 Å². The number of fused-ring (bicyclic) bond motifs is 1. The largest absolute Gasteiger partial charge is 0.490 e. The molecule has 0 aliphatic carbocycles. The highest BCUT2D eigenvalue weighted by Crippen LogP contribution is 2.25. The molecule has 2 aromatic carbocycles. The second kappa shape index (κ2) is 8.62. The number of ether oxygens (including phenoxy) is 1. The van der Waals surface area contributed by atoms with E-state index in [1.54, 1.807) is 0 Å². The highest BCUT2D eigenvalue weighted by Gasteiger charge is 2.06. The van der Waals surface area contributed by atoms with Crippen LogP contribution in [0.1, 0.15) is 12.8 Å². The van der Waals surface area contributed by atoms with Crippen LogP contribution in [0.3, 0.4) is 0 Å². The maximum Gasteiger partial charge on any atom is 0.127 e. The van der Waals surface area contributed by atoms with Gasteiger partial charge in [0.15, 0.2) is 0 Å². The van der Waals surface area contributed by atoms with Gasteiger partial charge in [0, 0.05) is 11.9 Å². The van der Waals surface area contributed by atoms with Gasteiger partial charge in [0.25, 0.3) is 0 Å². The van der Waals surface area contributed by atoms with Crippen LogP contribution in [0.2, 0.25) is 0 Å². The highest BCUT2D eigenvalue weighted by atomic mass is 16.5. The summed E-state index contributed by atoms with van der Waals surface area (Å²) in [4.78, 5) is 0. The van der Waals surface area contributed by atoms with E-state index < -0.39 is 6.10 Å². The highest BCUT2D eigenvalue weighted by molar-refractivity contribution is 5.88. The second-order valence-electron chi connectivity index (χ2n) is 5.14. The van der Waals surface area contributed by atoms with Crippen LogP contribution >= 0.6 is 0 Å². The smallest absolute Gasteiger partial charge is 0.127 e. The van der Waals surface area contributed by atoms with Crippen molar-refractivity contribution < 1.29 is 9.84 Å². The molecule has 0 saturated heterocycles. The molecule has 0 fully saturated rings. The van der Waals surface area contributed by atoms with Crippen molar-refractivity contribution in [1.82, 2.24) is 5.32 Å². The molecule has 21 heavy (non-hydrogen) atoms. The Kier molecular flexibility index (Phi) is 6.47. The van der Waals surface area contributed by atoms with Crippen molar-refractivity contribution in [2.75, 3.05) is 26.2 Å². The van der Waals surface area contributed by atoms with Gasteiger partial charge in [-0.2, -0.15) is 0 Å². The third kappa shape index (κ3) is 5.01. The van der Waals surface area contributed by atoms with Gasteiger partial charge in [0.1, 0.15) is 18.5 Å². The fraction of sp³-hybridized carbons (Fsp3) is 0.412. The molecule has 2 aromatic rings. The van der Waals surface area contributed by atoms with Crippen molar-refractivity contribution in [2.24, 2.45) is 5.73 Å². The SMILES string of the molecule is NCCCCNC[C@@H](O)COc1cccc2ccccc12. The third-order valence-corrected chi connectivity index (χ3v) is 3.37. The van der Waals surface area contributed by atoms with E-state index in [0.717, 1.165) is 35.9 Å². The molecule has 0 saturated carbocycles. The molecule has 4 nitrogen and oxygen atoms in total. The van der Waals surface area contributed by atoms with Crippen molar-refractivity contribution in [3.8, 4) is 5.75 Å². The first kappa shape index (κ1) is 15.8. The van der Waals surface area contributed by atoms with E-state index >= 15 is 0 Å². The Morgan fingerprint density at radius 3 is 2.76 bits per heavy atom. The van der Waals surface area contributed by atoms with Crippen LogP contribution in [0.4, 0.5) is 0 Å². The molecule has 1 atom stereocenters.